The Morgan fingerprint density at radius 3 is 2.50 bits per heavy atom. The molecule has 10 nitrogen and oxygen atoms in total. The van der Waals surface area contributed by atoms with Crippen LogP contribution in [-0.2, 0) is 0 Å². The molecule has 1 aromatic carbocycles. The van der Waals surface area contributed by atoms with E-state index in [1.165, 1.54) is 4.57 Å². The maximum Gasteiger partial charge on any atom is 0.330 e. The van der Waals surface area contributed by atoms with E-state index in [9.17, 15) is 14.4 Å². The first-order chi connectivity index (χ1) is 16.4. The van der Waals surface area contributed by atoms with Gasteiger partial charge in [0, 0.05) is 34.7 Å². The van der Waals surface area contributed by atoms with Crippen molar-refractivity contribution in [2.24, 2.45) is 0 Å². The maximum atomic E-state index is 13.0. The Hall–Kier alpha value is -3.70. The molecule has 0 bridgehead atoms. The summed E-state index contributed by atoms with van der Waals surface area (Å²) in [6.45, 7) is 0. The number of nitrogens with two attached hydrogens (primary N) is 1. The van der Waals surface area contributed by atoms with Gasteiger partial charge < -0.3 is 5.73 Å². The van der Waals surface area contributed by atoms with Crippen LogP contribution in [0.3, 0.4) is 0 Å². The first kappa shape index (κ1) is 22.1. The molecule has 1 saturated carbocycles. The van der Waals surface area contributed by atoms with Gasteiger partial charge in [0.2, 0.25) is 0 Å². The third-order valence-corrected chi connectivity index (χ3v) is 6.54. The van der Waals surface area contributed by atoms with Crippen molar-refractivity contribution in [3.8, 4) is 17.1 Å². The van der Waals surface area contributed by atoms with Crippen molar-refractivity contribution in [2.75, 3.05) is 11.5 Å². The number of carbonyl (C=O) groups is 1. The monoisotopic (exact) mass is 495 g/mol. The number of nitrogen functional groups attached to an aromatic ring is 1. The number of H-pyrrole nitrogens is 1. The van der Waals surface area contributed by atoms with Crippen LogP contribution in [0, 0.1) is 0 Å². The van der Waals surface area contributed by atoms with Crippen LogP contribution in [0.1, 0.15) is 29.2 Å². The summed E-state index contributed by atoms with van der Waals surface area (Å²) >= 11 is 7.16. The maximum absolute atomic E-state index is 13.0. The van der Waals surface area contributed by atoms with E-state index in [1.807, 2.05) is 12.1 Å². The number of aromatic nitrogens is 6. The van der Waals surface area contributed by atoms with E-state index in [2.05, 4.69) is 20.2 Å². The molecule has 4 aromatic rings. The first-order valence-electron chi connectivity index (χ1n) is 10.4. The molecule has 0 atom stereocenters. The number of Topliss-reactive ketones (excluding diaryl/α,β-unsaturated/α-hetero) is 1. The number of thioether (sulfide) groups is 1. The van der Waals surface area contributed by atoms with Gasteiger partial charge in [0.05, 0.1) is 5.75 Å². The molecule has 0 spiro atoms. The predicted molar refractivity (Wildman–Crippen MR) is 129 cm³/mol. The lowest BCUT2D eigenvalue weighted by Crippen LogP contribution is -2.36. The number of aromatic amines is 1. The van der Waals surface area contributed by atoms with Crippen LogP contribution in [-0.4, -0.2) is 40.8 Å². The minimum atomic E-state index is -0.790. The van der Waals surface area contributed by atoms with Crippen LogP contribution in [0.5, 0.6) is 0 Å². The van der Waals surface area contributed by atoms with Crippen LogP contribution in [0.4, 0.5) is 5.82 Å². The second kappa shape index (κ2) is 8.92. The van der Waals surface area contributed by atoms with Gasteiger partial charge in [0.25, 0.3) is 5.56 Å². The van der Waals surface area contributed by atoms with Crippen LogP contribution in [0.2, 0.25) is 5.02 Å². The standard InChI is InChI=1S/C22H18ClN7O3S/c23-13-1-3-15(4-2-13)30-19(12-7-9-25-10-8-12)27-28-22(30)34-11-16(31)17-18(24)29(14-5-6-14)21(33)26-20(17)32/h1-4,7-10,14H,5-6,11,24H2,(H,26,32,33). The minimum absolute atomic E-state index is 0.0838. The molecule has 0 amide bonds. The summed E-state index contributed by atoms with van der Waals surface area (Å²) in [7, 11) is 0. The summed E-state index contributed by atoms with van der Waals surface area (Å²) in [5.41, 5.74) is 6.00. The normalized spacial score (nSPS) is 13.2. The third-order valence-electron chi connectivity index (χ3n) is 5.36. The number of carbonyl (C=O) groups excluding carboxylic acids is 1. The molecule has 1 aliphatic carbocycles. The molecule has 1 fully saturated rings. The lowest BCUT2D eigenvalue weighted by Gasteiger charge is -2.12. The molecular weight excluding hydrogens is 478 g/mol. The Morgan fingerprint density at radius 2 is 1.82 bits per heavy atom. The van der Waals surface area contributed by atoms with Crippen molar-refractivity contribution in [3.63, 3.8) is 0 Å². The number of ketones is 1. The van der Waals surface area contributed by atoms with Crippen molar-refractivity contribution in [1.82, 2.24) is 29.3 Å². The highest BCUT2D eigenvalue weighted by Crippen LogP contribution is 2.35. The number of nitrogens with one attached hydrogen (secondary N) is 1. The third kappa shape index (κ3) is 4.15. The first-order valence-corrected chi connectivity index (χ1v) is 11.7. The van der Waals surface area contributed by atoms with E-state index in [0.717, 1.165) is 35.9 Å². The van der Waals surface area contributed by atoms with E-state index >= 15 is 0 Å². The summed E-state index contributed by atoms with van der Waals surface area (Å²) in [6, 6.07) is 10.6. The Kier molecular flexibility index (Phi) is 5.80. The molecular formula is C22H18ClN7O3S. The second-order valence-electron chi connectivity index (χ2n) is 7.69. The fourth-order valence-corrected chi connectivity index (χ4v) is 4.56. The van der Waals surface area contributed by atoms with Crippen molar-refractivity contribution in [2.45, 2.75) is 24.0 Å². The molecule has 5 rings (SSSR count). The highest BCUT2D eigenvalue weighted by Gasteiger charge is 2.30. The van der Waals surface area contributed by atoms with Gasteiger partial charge in [-0.15, -0.1) is 10.2 Å². The van der Waals surface area contributed by atoms with E-state index < -0.39 is 17.0 Å². The van der Waals surface area contributed by atoms with Gasteiger partial charge in [0.15, 0.2) is 16.8 Å². The Labute approximate surface area is 201 Å². The van der Waals surface area contributed by atoms with Gasteiger partial charge >= 0.3 is 5.69 Å². The van der Waals surface area contributed by atoms with Crippen molar-refractivity contribution in [1.29, 1.82) is 0 Å². The van der Waals surface area contributed by atoms with E-state index in [-0.39, 0.29) is 23.2 Å². The molecule has 1 aliphatic rings. The molecule has 3 N–H and O–H groups in total. The second-order valence-corrected chi connectivity index (χ2v) is 9.07. The average molecular weight is 496 g/mol. The Bertz CT molecular complexity index is 1490. The number of rotatable bonds is 7. The zero-order valence-electron chi connectivity index (χ0n) is 17.6. The minimum Gasteiger partial charge on any atom is -0.384 e. The van der Waals surface area contributed by atoms with Crippen molar-refractivity contribution >= 4 is 35.0 Å². The number of nitrogens with zero attached hydrogens (tertiary/aromatic N) is 5. The largest absolute Gasteiger partial charge is 0.384 e. The lowest BCUT2D eigenvalue weighted by atomic mass is 10.2. The Morgan fingerprint density at radius 1 is 1.12 bits per heavy atom. The topological polar surface area (TPSA) is 142 Å². The highest BCUT2D eigenvalue weighted by molar-refractivity contribution is 7.99. The molecule has 3 heterocycles. The van der Waals surface area contributed by atoms with Gasteiger partial charge in [-0.25, -0.2) is 4.79 Å². The summed E-state index contributed by atoms with van der Waals surface area (Å²) in [5.74, 6) is -0.176. The average Bonchev–Trinajstić information content (AvgIpc) is 3.56. The molecule has 3 aromatic heterocycles. The molecule has 172 valence electrons. The fourth-order valence-electron chi connectivity index (χ4n) is 3.61. The lowest BCUT2D eigenvalue weighted by molar-refractivity contribution is 0.102. The number of hydrogen-bond donors (Lipinski definition) is 2. The molecule has 12 heteroatoms. The molecule has 0 radical (unpaired) electrons. The quantitative estimate of drug-likeness (QED) is 0.294. The fraction of sp³-hybridized carbons (Fsp3) is 0.182. The molecule has 0 aliphatic heterocycles. The summed E-state index contributed by atoms with van der Waals surface area (Å²) in [5, 5.41) is 9.59. The number of pyridine rings is 1. The summed E-state index contributed by atoms with van der Waals surface area (Å²) in [4.78, 5) is 43.8. The van der Waals surface area contributed by atoms with Crippen LogP contribution in [0.15, 0.2) is 63.5 Å². The van der Waals surface area contributed by atoms with Gasteiger partial charge in [-0.05, 0) is 49.2 Å². The zero-order chi connectivity index (χ0) is 23.8. The summed E-state index contributed by atoms with van der Waals surface area (Å²) < 4.78 is 3.08. The molecule has 34 heavy (non-hydrogen) atoms. The number of benzene rings is 1. The zero-order valence-corrected chi connectivity index (χ0v) is 19.2. The van der Waals surface area contributed by atoms with Gasteiger partial charge in [-0.2, -0.15) is 0 Å². The summed E-state index contributed by atoms with van der Waals surface area (Å²) in [6.07, 6.45) is 4.85. The van der Waals surface area contributed by atoms with Gasteiger partial charge in [-0.1, -0.05) is 23.4 Å². The molecule has 0 unspecified atom stereocenters. The highest BCUT2D eigenvalue weighted by atomic mass is 35.5. The van der Waals surface area contributed by atoms with E-state index in [0.29, 0.717) is 16.0 Å². The van der Waals surface area contributed by atoms with E-state index in [4.69, 9.17) is 17.3 Å². The van der Waals surface area contributed by atoms with E-state index in [1.54, 1.807) is 41.2 Å². The van der Waals surface area contributed by atoms with Crippen LogP contribution >= 0.6 is 23.4 Å². The SMILES string of the molecule is Nc1c(C(=O)CSc2nnc(-c3ccncc3)n2-c2ccc(Cl)cc2)c(=O)[nH]c(=O)n1C1CC1. The number of anilines is 1. The van der Waals surface area contributed by atoms with Gasteiger partial charge in [0.1, 0.15) is 11.4 Å². The predicted octanol–water partition coefficient (Wildman–Crippen LogP) is 2.72. The van der Waals surface area contributed by atoms with Crippen molar-refractivity contribution in [3.05, 3.63) is 80.2 Å². The number of halogens is 1. The van der Waals surface area contributed by atoms with Crippen LogP contribution < -0.4 is 17.0 Å². The molecule has 0 saturated heterocycles. The van der Waals surface area contributed by atoms with Crippen molar-refractivity contribution < 1.29 is 4.79 Å². The smallest absolute Gasteiger partial charge is 0.330 e. The number of hydrogen-bond acceptors (Lipinski definition) is 8. The van der Waals surface area contributed by atoms with Crippen LogP contribution in [0.25, 0.3) is 17.1 Å². The Balaban J connectivity index is 1.49. The van der Waals surface area contributed by atoms with Gasteiger partial charge in [-0.3, -0.25) is 28.7 Å².